The summed E-state index contributed by atoms with van der Waals surface area (Å²) in [5.41, 5.74) is 6.66. The highest BCUT2D eigenvalue weighted by atomic mass is 79.9. The van der Waals surface area contributed by atoms with Gasteiger partial charge >= 0.3 is 0 Å². The van der Waals surface area contributed by atoms with E-state index in [2.05, 4.69) is 26.1 Å². The minimum Gasteiger partial charge on any atom is -0.326 e. The van der Waals surface area contributed by atoms with Crippen LogP contribution in [0.3, 0.4) is 0 Å². The molecule has 0 unspecified atom stereocenters. The lowest BCUT2D eigenvalue weighted by molar-refractivity contribution is 0.866. The van der Waals surface area contributed by atoms with E-state index in [0.717, 1.165) is 20.0 Å². The van der Waals surface area contributed by atoms with Crippen molar-refractivity contribution in [3.05, 3.63) is 46.6 Å². The van der Waals surface area contributed by atoms with Crippen LogP contribution >= 0.6 is 27.7 Å². The summed E-state index contributed by atoms with van der Waals surface area (Å²) in [7, 11) is 0. The third kappa shape index (κ3) is 2.81. The van der Waals surface area contributed by atoms with E-state index >= 15 is 0 Å². The molecule has 2 rings (SSSR count). The number of nitrogens with two attached hydrogens (primary N) is 1. The number of hydrogen-bond acceptors (Lipinski definition) is 4. The standard InChI is InChI=1S/C11H10BrN3S/c12-9-1-3-10(4-2-9)16-11-8(7-13)5-6-14-15-11/h1-6H,7,13H2. The Morgan fingerprint density at radius 2 is 1.94 bits per heavy atom. The molecule has 0 radical (unpaired) electrons. The summed E-state index contributed by atoms with van der Waals surface area (Å²) in [6, 6.07) is 9.96. The molecule has 82 valence electrons. The van der Waals surface area contributed by atoms with Crippen LogP contribution in [0.4, 0.5) is 0 Å². The Morgan fingerprint density at radius 3 is 2.62 bits per heavy atom. The minimum atomic E-state index is 0.481. The molecule has 0 spiro atoms. The first kappa shape index (κ1) is 11.6. The van der Waals surface area contributed by atoms with Crippen LogP contribution in [-0.2, 0) is 6.54 Å². The Morgan fingerprint density at radius 1 is 1.19 bits per heavy atom. The normalized spacial score (nSPS) is 10.4. The van der Waals surface area contributed by atoms with E-state index in [0.29, 0.717) is 6.54 Å². The molecule has 0 saturated heterocycles. The maximum atomic E-state index is 5.64. The fourth-order valence-electron chi connectivity index (χ4n) is 1.20. The van der Waals surface area contributed by atoms with Crippen molar-refractivity contribution in [1.82, 2.24) is 10.2 Å². The van der Waals surface area contributed by atoms with Crippen LogP contribution in [0.2, 0.25) is 0 Å². The quantitative estimate of drug-likeness (QED) is 0.946. The second kappa shape index (κ2) is 5.43. The van der Waals surface area contributed by atoms with E-state index in [-0.39, 0.29) is 0 Å². The van der Waals surface area contributed by atoms with Crippen molar-refractivity contribution in [3.63, 3.8) is 0 Å². The maximum absolute atomic E-state index is 5.64. The van der Waals surface area contributed by atoms with Crippen LogP contribution in [-0.4, -0.2) is 10.2 Å². The van der Waals surface area contributed by atoms with Gasteiger partial charge in [-0.15, -0.1) is 5.10 Å². The van der Waals surface area contributed by atoms with Crippen molar-refractivity contribution in [2.45, 2.75) is 16.5 Å². The summed E-state index contributed by atoms with van der Waals surface area (Å²) in [5.74, 6) is 0. The van der Waals surface area contributed by atoms with E-state index in [9.17, 15) is 0 Å². The number of aromatic nitrogens is 2. The van der Waals surface area contributed by atoms with Gasteiger partial charge in [-0.2, -0.15) is 5.10 Å². The first-order valence-corrected chi connectivity index (χ1v) is 6.34. The number of halogens is 1. The van der Waals surface area contributed by atoms with Gasteiger partial charge in [0.05, 0.1) is 0 Å². The molecule has 0 aliphatic carbocycles. The number of rotatable bonds is 3. The molecule has 5 heteroatoms. The Hall–Kier alpha value is -0.910. The molecular formula is C11H10BrN3S. The highest BCUT2D eigenvalue weighted by molar-refractivity contribution is 9.10. The van der Waals surface area contributed by atoms with E-state index in [1.54, 1.807) is 18.0 Å². The molecule has 0 aliphatic rings. The average molecular weight is 296 g/mol. The summed E-state index contributed by atoms with van der Waals surface area (Å²) in [5, 5.41) is 8.83. The van der Waals surface area contributed by atoms with Crippen molar-refractivity contribution >= 4 is 27.7 Å². The third-order valence-electron chi connectivity index (χ3n) is 2.01. The van der Waals surface area contributed by atoms with Gasteiger partial charge in [0.2, 0.25) is 0 Å². The smallest absolute Gasteiger partial charge is 0.128 e. The molecule has 0 fully saturated rings. The van der Waals surface area contributed by atoms with Crippen molar-refractivity contribution in [2.75, 3.05) is 0 Å². The van der Waals surface area contributed by atoms with E-state index in [1.807, 2.05) is 30.3 Å². The summed E-state index contributed by atoms with van der Waals surface area (Å²) in [4.78, 5) is 1.12. The van der Waals surface area contributed by atoms with Gasteiger partial charge in [-0.25, -0.2) is 0 Å². The van der Waals surface area contributed by atoms with Gasteiger partial charge in [0.25, 0.3) is 0 Å². The maximum Gasteiger partial charge on any atom is 0.128 e. The van der Waals surface area contributed by atoms with Crippen LogP contribution < -0.4 is 5.73 Å². The average Bonchev–Trinajstić information content (AvgIpc) is 2.33. The van der Waals surface area contributed by atoms with E-state index < -0.39 is 0 Å². The fourth-order valence-corrected chi connectivity index (χ4v) is 2.33. The molecular weight excluding hydrogens is 286 g/mol. The number of nitrogens with zero attached hydrogens (tertiary/aromatic N) is 2. The zero-order chi connectivity index (χ0) is 11.4. The fraction of sp³-hybridized carbons (Fsp3) is 0.0909. The second-order valence-electron chi connectivity index (χ2n) is 3.12. The number of benzene rings is 1. The zero-order valence-corrected chi connectivity index (χ0v) is 10.8. The van der Waals surface area contributed by atoms with Gasteiger partial charge in [-0.05, 0) is 30.3 Å². The molecule has 0 atom stereocenters. The van der Waals surface area contributed by atoms with Crippen LogP contribution in [0.1, 0.15) is 5.56 Å². The lowest BCUT2D eigenvalue weighted by atomic mass is 10.3. The molecule has 0 amide bonds. The second-order valence-corrected chi connectivity index (χ2v) is 5.10. The molecule has 2 aromatic rings. The molecule has 1 heterocycles. The molecule has 0 saturated carbocycles. The lowest BCUT2D eigenvalue weighted by Gasteiger charge is -2.04. The van der Waals surface area contributed by atoms with E-state index in [1.165, 1.54) is 0 Å². The van der Waals surface area contributed by atoms with Crippen molar-refractivity contribution in [1.29, 1.82) is 0 Å². The van der Waals surface area contributed by atoms with Crippen molar-refractivity contribution in [3.8, 4) is 0 Å². The summed E-state index contributed by atoms with van der Waals surface area (Å²) >= 11 is 4.97. The van der Waals surface area contributed by atoms with Gasteiger partial charge in [0, 0.05) is 27.7 Å². The highest BCUT2D eigenvalue weighted by Crippen LogP contribution is 2.28. The highest BCUT2D eigenvalue weighted by Gasteiger charge is 2.04. The Labute approximate surface area is 107 Å². The van der Waals surface area contributed by atoms with Gasteiger partial charge in [-0.3, -0.25) is 0 Å². The third-order valence-corrected chi connectivity index (χ3v) is 3.59. The Balaban J connectivity index is 2.23. The molecule has 1 aromatic carbocycles. The molecule has 1 aromatic heterocycles. The van der Waals surface area contributed by atoms with Crippen LogP contribution in [0.5, 0.6) is 0 Å². The summed E-state index contributed by atoms with van der Waals surface area (Å²) in [6.45, 7) is 0.481. The monoisotopic (exact) mass is 295 g/mol. The van der Waals surface area contributed by atoms with Crippen LogP contribution in [0.25, 0.3) is 0 Å². The molecule has 0 aliphatic heterocycles. The predicted octanol–water partition coefficient (Wildman–Crippen LogP) is 2.85. The first-order valence-electron chi connectivity index (χ1n) is 4.73. The number of hydrogen-bond donors (Lipinski definition) is 1. The predicted molar refractivity (Wildman–Crippen MR) is 68.2 cm³/mol. The molecule has 0 bridgehead atoms. The molecule has 3 nitrogen and oxygen atoms in total. The van der Waals surface area contributed by atoms with Crippen molar-refractivity contribution < 1.29 is 0 Å². The van der Waals surface area contributed by atoms with Gasteiger partial charge in [0.1, 0.15) is 5.03 Å². The van der Waals surface area contributed by atoms with Crippen LogP contribution in [0, 0.1) is 0 Å². The lowest BCUT2D eigenvalue weighted by Crippen LogP contribution is -2.00. The minimum absolute atomic E-state index is 0.481. The summed E-state index contributed by atoms with van der Waals surface area (Å²) < 4.78 is 1.06. The molecule has 2 N–H and O–H groups in total. The van der Waals surface area contributed by atoms with E-state index in [4.69, 9.17) is 5.73 Å². The molecule has 16 heavy (non-hydrogen) atoms. The first-order chi connectivity index (χ1) is 7.79. The van der Waals surface area contributed by atoms with Gasteiger partial charge < -0.3 is 5.73 Å². The SMILES string of the molecule is NCc1ccnnc1Sc1ccc(Br)cc1. The van der Waals surface area contributed by atoms with Crippen LogP contribution in [0.15, 0.2) is 50.9 Å². The largest absolute Gasteiger partial charge is 0.326 e. The Kier molecular flexibility index (Phi) is 3.93. The van der Waals surface area contributed by atoms with Gasteiger partial charge in [-0.1, -0.05) is 27.7 Å². The van der Waals surface area contributed by atoms with Gasteiger partial charge in [0.15, 0.2) is 0 Å². The van der Waals surface area contributed by atoms with Crippen molar-refractivity contribution in [2.24, 2.45) is 5.73 Å². The zero-order valence-electron chi connectivity index (χ0n) is 8.43. The topological polar surface area (TPSA) is 51.8 Å². The summed E-state index contributed by atoms with van der Waals surface area (Å²) in [6.07, 6.45) is 1.66. The Bertz CT molecular complexity index is 473.